The number of hydrogen-bond acceptors (Lipinski definition) is 3. The Morgan fingerprint density at radius 3 is 2.75 bits per heavy atom. The van der Waals surface area contributed by atoms with Crippen molar-refractivity contribution in [3.8, 4) is 0 Å². The molecule has 1 aliphatic heterocycles. The number of rotatable bonds is 4. The fraction of sp³-hybridized carbons (Fsp3) is 0.667. The Kier molecular flexibility index (Phi) is 4.25. The molecule has 0 aromatic carbocycles. The zero-order valence-electron chi connectivity index (χ0n) is 9.59. The molecule has 1 aromatic rings. The van der Waals surface area contributed by atoms with Crippen LogP contribution in [0.4, 0.5) is 0 Å². The lowest BCUT2D eigenvalue weighted by molar-refractivity contribution is 0.0162. The van der Waals surface area contributed by atoms with E-state index >= 15 is 0 Å². The Morgan fingerprint density at radius 2 is 2.19 bits per heavy atom. The molecule has 1 aliphatic rings. The summed E-state index contributed by atoms with van der Waals surface area (Å²) in [5.41, 5.74) is 0.362. The summed E-state index contributed by atoms with van der Waals surface area (Å²) in [6.45, 7) is 2.84. The van der Waals surface area contributed by atoms with E-state index in [9.17, 15) is 0 Å². The molecule has 1 N–H and O–H groups in total. The quantitative estimate of drug-likeness (QED) is 0.898. The third-order valence-corrected chi connectivity index (χ3v) is 4.51. The molecule has 0 atom stereocenters. The van der Waals surface area contributed by atoms with E-state index in [-0.39, 0.29) is 0 Å². The molecule has 2 rings (SSSR count). The number of ether oxygens (including phenoxy) is 1. The summed E-state index contributed by atoms with van der Waals surface area (Å²) in [5, 5.41) is 3.32. The Hall–Kier alpha value is -0.0900. The van der Waals surface area contributed by atoms with Gasteiger partial charge >= 0.3 is 0 Å². The predicted molar refractivity (Wildman–Crippen MR) is 69.4 cm³/mol. The molecule has 0 aliphatic carbocycles. The van der Waals surface area contributed by atoms with Crippen LogP contribution in [0.2, 0.25) is 4.34 Å². The van der Waals surface area contributed by atoms with Gasteiger partial charge in [0.2, 0.25) is 0 Å². The summed E-state index contributed by atoms with van der Waals surface area (Å²) >= 11 is 7.68. The normalized spacial score (nSPS) is 19.9. The van der Waals surface area contributed by atoms with Crippen molar-refractivity contribution in [2.24, 2.45) is 5.41 Å². The Balaban J connectivity index is 2.06. The monoisotopic (exact) mass is 259 g/mol. The minimum Gasteiger partial charge on any atom is -0.381 e. The lowest BCUT2D eigenvalue weighted by Crippen LogP contribution is -2.39. The van der Waals surface area contributed by atoms with Gasteiger partial charge in [-0.25, -0.2) is 0 Å². The summed E-state index contributed by atoms with van der Waals surface area (Å²) in [4.78, 5) is 1.39. The smallest absolute Gasteiger partial charge is 0.0931 e. The lowest BCUT2D eigenvalue weighted by atomic mass is 9.77. The van der Waals surface area contributed by atoms with Crippen molar-refractivity contribution in [2.75, 3.05) is 26.8 Å². The van der Waals surface area contributed by atoms with E-state index < -0.39 is 0 Å². The van der Waals surface area contributed by atoms with Gasteiger partial charge in [0, 0.05) is 24.6 Å². The molecule has 0 unspecified atom stereocenters. The highest BCUT2D eigenvalue weighted by molar-refractivity contribution is 7.16. The van der Waals surface area contributed by atoms with Crippen LogP contribution in [0.25, 0.3) is 0 Å². The molecule has 1 saturated heterocycles. The fourth-order valence-corrected chi connectivity index (χ4v) is 3.67. The van der Waals surface area contributed by atoms with Gasteiger partial charge in [0.1, 0.15) is 0 Å². The lowest BCUT2D eigenvalue weighted by Gasteiger charge is -2.37. The van der Waals surface area contributed by atoms with E-state index in [1.165, 1.54) is 4.88 Å². The molecule has 2 nitrogen and oxygen atoms in total. The maximum absolute atomic E-state index is 5.98. The molecule has 16 heavy (non-hydrogen) atoms. The Morgan fingerprint density at radius 1 is 1.44 bits per heavy atom. The first-order chi connectivity index (χ1) is 7.74. The highest BCUT2D eigenvalue weighted by Gasteiger charge is 2.32. The van der Waals surface area contributed by atoms with Crippen LogP contribution in [-0.4, -0.2) is 26.8 Å². The van der Waals surface area contributed by atoms with E-state index in [0.717, 1.165) is 43.4 Å². The molecule has 0 saturated carbocycles. The zero-order chi connectivity index (χ0) is 11.4. The van der Waals surface area contributed by atoms with Gasteiger partial charge < -0.3 is 10.1 Å². The van der Waals surface area contributed by atoms with E-state index in [4.69, 9.17) is 16.3 Å². The minimum absolute atomic E-state index is 0.362. The molecule has 90 valence electrons. The molecular weight excluding hydrogens is 242 g/mol. The van der Waals surface area contributed by atoms with Crippen molar-refractivity contribution in [3.05, 3.63) is 21.3 Å². The first kappa shape index (κ1) is 12.4. The maximum atomic E-state index is 5.98. The number of hydrogen-bond donors (Lipinski definition) is 1. The molecule has 0 amide bonds. The predicted octanol–water partition coefficient (Wildman–Crippen LogP) is 2.96. The van der Waals surface area contributed by atoms with Gasteiger partial charge in [0.15, 0.2) is 0 Å². The zero-order valence-corrected chi connectivity index (χ0v) is 11.2. The molecule has 1 fully saturated rings. The molecule has 0 spiro atoms. The van der Waals surface area contributed by atoms with Crippen LogP contribution in [0, 0.1) is 5.41 Å². The molecule has 0 bridgehead atoms. The van der Waals surface area contributed by atoms with Crippen molar-refractivity contribution < 1.29 is 4.74 Å². The second-order valence-corrected chi connectivity index (χ2v) is 6.32. The second kappa shape index (κ2) is 5.50. The molecular formula is C12H18ClNOS. The largest absolute Gasteiger partial charge is 0.381 e. The number of nitrogens with one attached hydrogen (secondary N) is 1. The topological polar surface area (TPSA) is 21.3 Å². The van der Waals surface area contributed by atoms with Gasteiger partial charge in [0.25, 0.3) is 0 Å². The van der Waals surface area contributed by atoms with Crippen molar-refractivity contribution in [1.82, 2.24) is 5.32 Å². The van der Waals surface area contributed by atoms with Crippen LogP contribution >= 0.6 is 22.9 Å². The third-order valence-electron chi connectivity index (χ3n) is 3.28. The summed E-state index contributed by atoms with van der Waals surface area (Å²) in [6.07, 6.45) is 3.40. The summed E-state index contributed by atoms with van der Waals surface area (Å²) in [7, 11) is 2.03. The van der Waals surface area contributed by atoms with E-state index in [1.54, 1.807) is 11.3 Å². The van der Waals surface area contributed by atoms with Crippen LogP contribution in [0.3, 0.4) is 0 Å². The van der Waals surface area contributed by atoms with Crippen molar-refractivity contribution in [2.45, 2.75) is 19.3 Å². The average molecular weight is 260 g/mol. The van der Waals surface area contributed by atoms with Gasteiger partial charge in [0.05, 0.1) is 4.34 Å². The Bertz CT molecular complexity index is 328. The van der Waals surface area contributed by atoms with Gasteiger partial charge in [-0.15, -0.1) is 11.3 Å². The van der Waals surface area contributed by atoms with Gasteiger partial charge in [-0.05, 0) is 43.9 Å². The average Bonchev–Trinajstić information content (AvgIpc) is 2.65. The molecule has 1 aromatic heterocycles. The maximum Gasteiger partial charge on any atom is 0.0931 e. The first-order valence-electron chi connectivity index (χ1n) is 5.71. The summed E-state index contributed by atoms with van der Waals surface area (Å²) in [6, 6.07) is 4.15. The van der Waals surface area contributed by atoms with Gasteiger partial charge in [-0.3, -0.25) is 0 Å². The fourth-order valence-electron chi connectivity index (χ4n) is 2.41. The highest BCUT2D eigenvalue weighted by atomic mass is 35.5. The van der Waals surface area contributed by atoms with Crippen molar-refractivity contribution >= 4 is 22.9 Å². The minimum atomic E-state index is 0.362. The Labute approximate surface area is 106 Å². The van der Waals surface area contributed by atoms with Crippen molar-refractivity contribution in [1.29, 1.82) is 0 Å². The number of thiophene rings is 1. The SMILES string of the molecule is CNCC1(Cc2ccc(Cl)s2)CCOCC1. The second-order valence-electron chi connectivity index (χ2n) is 4.53. The van der Waals surface area contributed by atoms with Crippen LogP contribution in [-0.2, 0) is 11.2 Å². The highest BCUT2D eigenvalue weighted by Crippen LogP contribution is 2.36. The number of halogens is 1. The van der Waals surface area contributed by atoms with Crippen LogP contribution < -0.4 is 5.32 Å². The summed E-state index contributed by atoms with van der Waals surface area (Å²) in [5.74, 6) is 0. The van der Waals surface area contributed by atoms with Gasteiger partial charge in [-0.1, -0.05) is 11.6 Å². The first-order valence-corrected chi connectivity index (χ1v) is 6.90. The van der Waals surface area contributed by atoms with Crippen LogP contribution in [0.5, 0.6) is 0 Å². The van der Waals surface area contributed by atoms with E-state index in [2.05, 4.69) is 11.4 Å². The standard InChI is InChI=1S/C12H18ClNOS/c1-14-9-12(4-6-15-7-5-12)8-10-2-3-11(13)16-10/h2-3,14H,4-9H2,1H3. The van der Waals surface area contributed by atoms with Gasteiger partial charge in [-0.2, -0.15) is 0 Å². The van der Waals surface area contributed by atoms with E-state index in [0.29, 0.717) is 5.41 Å². The molecule has 0 radical (unpaired) electrons. The van der Waals surface area contributed by atoms with Crippen LogP contribution in [0.15, 0.2) is 12.1 Å². The van der Waals surface area contributed by atoms with E-state index in [1.807, 2.05) is 13.1 Å². The molecule has 4 heteroatoms. The van der Waals surface area contributed by atoms with Crippen LogP contribution in [0.1, 0.15) is 17.7 Å². The summed E-state index contributed by atoms with van der Waals surface area (Å²) < 4.78 is 6.35. The van der Waals surface area contributed by atoms with Crippen molar-refractivity contribution in [3.63, 3.8) is 0 Å². The molecule has 2 heterocycles. The third kappa shape index (κ3) is 2.98.